The van der Waals surface area contributed by atoms with Gasteiger partial charge in [-0.1, -0.05) is 36.4 Å². The van der Waals surface area contributed by atoms with Gasteiger partial charge in [-0.3, -0.25) is 29.0 Å². The molecule has 0 radical (unpaired) electrons. The van der Waals surface area contributed by atoms with Crippen molar-refractivity contribution in [2.75, 3.05) is 26.2 Å². The van der Waals surface area contributed by atoms with Crippen LogP contribution in [0.2, 0.25) is 0 Å². The van der Waals surface area contributed by atoms with Crippen LogP contribution in [0.4, 0.5) is 0 Å². The van der Waals surface area contributed by atoms with E-state index in [1.54, 1.807) is 36.4 Å². The number of hydrogen-bond donors (Lipinski definition) is 1. The molecule has 2 aliphatic heterocycles. The van der Waals surface area contributed by atoms with E-state index in [0.717, 1.165) is 38.7 Å². The monoisotopic (exact) mass is 655 g/mol. The fraction of sp³-hybridized carbons (Fsp3) is 0.171. The van der Waals surface area contributed by atoms with Crippen LogP contribution < -0.4 is 5.32 Å². The summed E-state index contributed by atoms with van der Waals surface area (Å²) in [4.78, 5) is 56.7. The molecule has 8 rings (SSSR count). The fourth-order valence-corrected chi connectivity index (χ4v) is 7.43. The van der Waals surface area contributed by atoms with Crippen molar-refractivity contribution in [2.24, 2.45) is 0 Å². The molecule has 0 atom stereocenters. The summed E-state index contributed by atoms with van der Waals surface area (Å²) in [5, 5.41) is 28.3. The first-order valence-corrected chi connectivity index (χ1v) is 16.6. The van der Waals surface area contributed by atoms with Gasteiger partial charge in [0.15, 0.2) is 0 Å². The molecule has 0 bridgehead atoms. The molecule has 0 saturated heterocycles. The van der Waals surface area contributed by atoms with Crippen LogP contribution in [0.1, 0.15) is 71.8 Å². The van der Waals surface area contributed by atoms with Crippen molar-refractivity contribution in [3.05, 3.63) is 118 Å². The maximum absolute atomic E-state index is 13.6. The summed E-state index contributed by atoms with van der Waals surface area (Å²) in [7, 11) is 0. The van der Waals surface area contributed by atoms with Crippen molar-refractivity contribution in [2.45, 2.75) is 19.3 Å². The zero-order chi connectivity index (χ0) is 34.5. The van der Waals surface area contributed by atoms with E-state index in [2.05, 4.69) is 17.5 Å². The second-order valence-electron chi connectivity index (χ2n) is 12.7. The van der Waals surface area contributed by atoms with Gasteiger partial charge >= 0.3 is 0 Å². The Kier molecular flexibility index (Phi) is 7.56. The van der Waals surface area contributed by atoms with E-state index in [9.17, 15) is 29.7 Å². The summed E-state index contributed by atoms with van der Waals surface area (Å²) >= 11 is 0. The summed E-state index contributed by atoms with van der Waals surface area (Å²) in [6, 6.07) is 29.5. The third-order valence-electron chi connectivity index (χ3n) is 9.84. The van der Waals surface area contributed by atoms with Gasteiger partial charge in [-0.15, -0.1) is 0 Å². The van der Waals surface area contributed by atoms with Crippen molar-refractivity contribution >= 4 is 66.7 Å². The van der Waals surface area contributed by atoms with E-state index in [-0.39, 0.29) is 36.7 Å². The van der Waals surface area contributed by atoms with Gasteiger partial charge in [-0.2, -0.15) is 10.5 Å². The number of amides is 4. The Morgan fingerprint density at radius 2 is 0.960 bits per heavy atom. The molecule has 2 heterocycles. The highest BCUT2D eigenvalue weighted by Crippen LogP contribution is 2.37. The zero-order valence-corrected chi connectivity index (χ0v) is 27.0. The maximum atomic E-state index is 13.6. The average molecular weight is 656 g/mol. The van der Waals surface area contributed by atoms with Crippen LogP contribution >= 0.6 is 0 Å². The molecule has 0 aromatic heterocycles. The lowest BCUT2D eigenvalue weighted by Gasteiger charge is -2.28. The molecule has 50 heavy (non-hydrogen) atoms. The van der Waals surface area contributed by atoms with Crippen LogP contribution in [-0.2, 0) is 0 Å². The van der Waals surface area contributed by atoms with Crippen LogP contribution in [0.5, 0.6) is 0 Å². The predicted molar refractivity (Wildman–Crippen MR) is 190 cm³/mol. The summed E-state index contributed by atoms with van der Waals surface area (Å²) in [5.41, 5.74) is 2.99. The van der Waals surface area contributed by atoms with E-state index in [0.29, 0.717) is 70.1 Å². The molecule has 6 aromatic carbocycles. The van der Waals surface area contributed by atoms with Crippen molar-refractivity contribution in [1.82, 2.24) is 15.1 Å². The third-order valence-corrected chi connectivity index (χ3v) is 9.84. The van der Waals surface area contributed by atoms with E-state index in [4.69, 9.17) is 0 Å². The molecule has 6 aromatic rings. The van der Waals surface area contributed by atoms with Crippen molar-refractivity contribution < 1.29 is 19.2 Å². The van der Waals surface area contributed by atoms with Gasteiger partial charge in [0.2, 0.25) is 0 Å². The fourth-order valence-electron chi connectivity index (χ4n) is 7.43. The number of nitriles is 2. The normalized spacial score (nSPS) is 13.9. The molecule has 242 valence electrons. The van der Waals surface area contributed by atoms with Crippen LogP contribution in [0.3, 0.4) is 0 Å². The number of unbranched alkanes of at least 4 members (excludes halogenated alkanes) is 1. The number of nitrogens with one attached hydrogen (secondary N) is 1. The molecule has 2 aliphatic rings. The molecule has 0 saturated carbocycles. The summed E-state index contributed by atoms with van der Waals surface area (Å²) in [6.45, 7) is 1.78. The van der Waals surface area contributed by atoms with Crippen LogP contribution in [0.15, 0.2) is 84.9 Å². The van der Waals surface area contributed by atoms with Crippen LogP contribution in [0.25, 0.3) is 43.1 Å². The molecule has 0 aliphatic carbocycles. The number of rotatable bonds is 9. The van der Waals surface area contributed by atoms with Gasteiger partial charge in [-0.05, 0) is 113 Å². The van der Waals surface area contributed by atoms with E-state index in [1.807, 2.05) is 48.5 Å². The Morgan fingerprint density at radius 1 is 0.500 bits per heavy atom. The number of hydrogen-bond acceptors (Lipinski definition) is 7. The van der Waals surface area contributed by atoms with Crippen molar-refractivity contribution in [3.63, 3.8) is 0 Å². The summed E-state index contributed by atoms with van der Waals surface area (Å²) < 4.78 is 0. The molecule has 9 nitrogen and oxygen atoms in total. The Bertz CT molecular complexity index is 2400. The molecular weight excluding hydrogens is 626 g/mol. The summed E-state index contributed by atoms with van der Waals surface area (Å²) in [6.07, 6.45) is 1.90. The summed E-state index contributed by atoms with van der Waals surface area (Å²) in [5.74, 6) is -1.27. The van der Waals surface area contributed by atoms with Gasteiger partial charge in [0.05, 0.1) is 23.3 Å². The van der Waals surface area contributed by atoms with Gasteiger partial charge in [0, 0.05) is 46.1 Å². The van der Waals surface area contributed by atoms with Crippen LogP contribution in [0, 0.1) is 22.7 Å². The minimum atomic E-state index is -0.322. The first kappa shape index (κ1) is 30.9. The lowest BCUT2D eigenvalue weighted by atomic mass is 9.89. The largest absolute Gasteiger partial charge is 0.317 e. The molecule has 0 spiro atoms. The first-order valence-electron chi connectivity index (χ1n) is 16.6. The molecule has 4 amide bonds. The Balaban J connectivity index is 0.875. The van der Waals surface area contributed by atoms with Crippen molar-refractivity contribution in [3.8, 4) is 12.1 Å². The standard InChI is InChI=1S/C41H29N5O4/c42-22-24-10-12-26-20-34-36-28(32(26)18-24)6-3-8-30(36)38(47)45(40(34)49)16-2-1-14-44-15-5-17-46-39(48)31-9-4-7-29-33-19-25(23-43)11-13-27(33)21-35(37(29)31)41(46)50/h3-4,6-13,18-21,44H,1-2,5,14-17H2. The second-order valence-corrected chi connectivity index (χ2v) is 12.7. The van der Waals surface area contributed by atoms with E-state index >= 15 is 0 Å². The Labute approximate surface area is 286 Å². The maximum Gasteiger partial charge on any atom is 0.261 e. The van der Waals surface area contributed by atoms with Gasteiger partial charge in [0.25, 0.3) is 23.6 Å². The van der Waals surface area contributed by atoms with Gasteiger partial charge in [0.1, 0.15) is 0 Å². The molecule has 9 heteroatoms. The highest BCUT2D eigenvalue weighted by Gasteiger charge is 2.34. The minimum absolute atomic E-state index is 0.264. The molecule has 1 N–H and O–H groups in total. The Hall–Kier alpha value is -6.42. The molecule has 0 fully saturated rings. The topological polar surface area (TPSA) is 134 Å². The zero-order valence-electron chi connectivity index (χ0n) is 27.0. The number of imide groups is 2. The number of carbonyl (C=O) groups excluding carboxylic acids is 4. The van der Waals surface area contributed by atoms with Crippen molar-refractivity contribution in [1.29, 1.82) is 10.5 Å². The quantitative estimate of drug-likeness (QED) is 0.104. The first-order chi connectivity index (χ1) is 24.4. The number of fused-ring (bicyclic) bond motifs is 4. The lowest BCUT2D eigenvalue weighted by molar-refractivity contribution is 0.0591. The van der Waals surface area contributed by atoms with Gasteiger partial charge in [-0.25, -0.2) is 0 Å². The van der Waals surface area contributed by atoms with E-state index in [1.165, 1.54) is 9.80 Å². The predicted octanol–water partition coefficient (Wildman–Crippen LogP) is 6.69. The number of carbonyl (C=O) groups is 4. The SMILES string of the molecule is N#Cc1ccc2cc3c4c(cccc4c2c1)C(=O)N(CCCCNCCCN1C(=O)c2cccc4c2c(cc2ccc(C#N)cc24)C1=O)C3=O. The number of benzene rings is 6. The second kappa shape index (κ2) is 12.2. The third kappa shape index (κ3) is 4.87. The van der Waals surface area contributed by atoms with E-state index < -0.39 is 0 Å². The lowest BCUT2D eigenvalue weighted by Crippen LogP contribution is -2.41. The highest BCUT2D eigenvalue weighted by atomic mass is 16.2. The van der Waals surface area contributed by atoms with Crippen LogP contribution in [-0.4, -0.2) is 59.6 Å². The highest BCUT2D eigenvalue weighted by molar-refractivity contribution is 6.30. The Morgan fingerprint density at radius 3 is 1.46 bits per heavy atom. The average Bonchev–Trinajstić information content (AvgIpc) is 3.15. The molecular formula is C41H29N5O4. The minimum Gasteiger partial charge on any atom is -0.317 e. The number of nitrogens with zero attached hydrogens (tertiary/aromatic N) is 4. The molecule has 0 unspecified atom stereocenters. The smallest absolute Gasteiger partial charge is 0.261 e. The van der Waals surface area contributed by atoms with Gasteiger partial charge < -0.3 is 5.32 Å².